The minimum absolute atomic E-state index is 0.0516. The molecule has 0 bridgehead atoms. The minimum atomic E-state index is -0.220. The van der Waals surface area contributed by atoms with Gasteiger partial charge in [0.15, 0.2) is 0 Å². The summed E-state index contributed by atoms with van der Waals surface area (Å²) in [6.07, 6.45) is 1.61. The number of likely N-dealkylation sites (tertiary alicyclic amines) is 1. The van der Waals surface area contributed by atoms with Crippen molar-refractivity contribution >= 4 is 6.09 Å². The molecule has 1 saturated heterocycles. The second kappa shape index (κ2) is 5.20. The van der Waals surface area contributed by atoms with Gasteiger partial charge in [0.2, 0.25) is 0 Å². The summed E-state index contributed by atoms with van der Waals surface area (Å²) in [7, 11) is 3.39. The zero-order valence-electron chi connectivity index (χ0n) is 8.86. The van der Waals surface area contributed by atoms with Crippen molar-refractivity contribution in [2.45, 2.75) is 38.9 Å². The summed E-state index contributed by atoms with van der Waals surface area (Å²) in [5, 5.41) is 0. The second-order valence-electron chi connectivity index (χ2n) is 3.79. The van der Waals surface area contributed by atoms with Crippen LogP contribution in [0.5, 0.6) is 0 Å². The van der Waals surface area contributed by atoms with Gasteiger partial charge in [-0.25, -0.2) is 4.79 Å². The lowest BCUT2D eigenvalue weighted by Crippen LogP contribution is -2.41. The Balaban J connectivity index is 2.30. The average molecular weight is 200 g/mol. The van der Waals surface area contributed by atoms with Crippen LogP contribution in [0.3, 0.4) is 0 Å². The molecular formula is C10H18NO3. The highest BCUT2D eigenvalue weighted by Gasteiger charge is 2.23. The number of amides is 1. The van der Waals surface area contributed by atoms with Gasteiger partial charge >= 0.3 is 6.09 Å². The van der Waals surface area contributed by atoms with Crippen LogP contribution in [0.1, 0.15) is 26.7 Å². The zero-order valence-corrected chi connectivity index (χ0v) is 8.86. The molecule has 4 heteroatoms. The molecule has 0 unspecified atom stereocenters. The van der Waals surface area contributed by atoms with Crippen molar-refractivity contribution in [3.63, 3.8) is 0 Å². The van der Waals surface area contributed by atoms with Crippen LogP contribution >= 0.6 is 0 Å². The van der Waals surface area contributed by atoms with E-state index in [4.69, 9.17) is 9.47 Å². The molecule has 1 fully saturated rings. The van der Waals surface area contributed by atoms with Gasteiger partial charge in [-0.2, -0.15) is 0 Å². The van der Waals surface area contributed by atoms with Crippen molar-refractivity contribution < 1.29 is 14.3 Å². The van der Waals surface area contributed by atoms with Crippen molar-refractivity contribution in [2.24, 2.45) is 0 Å². The van der Waals surface area contributed by atoms with E-state index in [2.05, 4.69) is 7.11 Å². The van der Waals surface area contributed by atoms with E-state index in [0.29, 0.717) is 13.1 Å². The fraction of sp³-hybridized carbons (Fsp3) is 0.800. The molecule has 0 aliphatic carbocycles. The van der Waals surface area contributed by atoms with Gasteiger partial charge in [0, 0.05) is 13.1 Å². The van der Waals surface area contributed by atoms with Crippen LogP contribution in [0.25, 0.3) is 0 Å². The van der Waals surface area contributed by atoms with Crippen LogP contribution in [0.2, 0.25) is 0 Å². The summed E-state index contributed by atoms with van der Waals surface area (Å²) in [4.78, 5) is 13.2. The normalized spacial score (nSPS) is 18.7. The van der Waals surface area contributed by atoms with Gasteiger partial charge in [-0.15, -0.1) is 0 Å². The molecule has 1 rings (SSSR count). The molecule has 0 spiro atoms. The van der Waals surface area contributed by atoms with E-state index in [9.17, 15) is 4.79 Å². The third kappa shape index (κ3) is 3.18. The Hall–Kier alpha value is -0.770. The van der Waals surface area contributed by atoms with E-state index in [-0.39, 0.29) is 18.3 Å². The number of piperidine rings is 1. The van der Waals surface area contributed by atoms with Crippen LogP contribution in [-0.4, -0.2) is 36.3 Å². The highest BCUT2D eigenvalue weighted by atomic mass is 16.6. The first-order valence-corrected chi connectivity index (χ1v) is 5.00. The summed E-state index contributed by atoms with van der Waals surface area (Å²) in [6.45, 7) is 5.10. The maximum absolute atomic E-state index is 11.5. The molecule has 1 heterocycles. The van der Waals surface area contributed by atoms with E-state index in [1.807, 2.05) is 13.8 Å². The van der Waals surface area contributed by atoms with E-state index in [0.717, 1.165) is 12.8 Å². The van der Waals surface area contributed by atoms with E-state index < -0.39 is 0 Å². The molecule has 1 amide bonds. The van der Waals surface area contributed by atoms with Crippen molar-refractivity contribution in [1.29, 1.82) is 0 Å². The Morgan fingerprint density at radius 3 is 2.43 bits per heavy atom. The Bertz CT molecular complexity index is 186. The number of ether oxygens (including phenoxy) is 2. The van der Waals surface area contributed by atoms with Crippen LogP contribution in [-0.2, 0) is 9.47 Å². The summed E-state index contributed by atoms with van der Waals surface area (Å²) < 4.78 is 10.1. The first-order chi connectivity index (χ1) is 6.63. The lowest BCUT2D eigenvalue weighted by molar-refractivity contribution is 0.0380. The van der Waals surface area contributed by atoms with Gasteiger partial charge in [0.05, 0.1) is 19.3 Å². The van der Waals surface area contributed by atoms with Crippen LogP contribution in [0.15, 0.2) is 0 Å². The molecule has 1 aliphatic rings. The maximum atomic E-state index is 11.5. The summed E-state index contributed by atoms with van der Waals surface area (Å²) >= 11 is 0. The summed E-state index contributed by atoms with van der Waals surface area (Å²) in [6, 6.07) is 0. The predicted octanol–water partition coefficient (Wildman–Crippen LogP) is 1.80. The van der Waals surface area contributed by atoms with Crippen molar-refractivity contribution in [2.75, 3.05) is 13.1 Å². The monoisotopic (exact) mass is 200 g/mol. The number of hydrogen-bond donors (Lipinski definition) is 0. The lowest BCUT2D eigenvalue weighted by Gasteiger charge is -2.30. The first kappa shape index (κ1) is 11.3. The summed E-state index contributed by atoms with van der Waals surface area (Å²) in [5.74, 6) is 0. The number of carbonyl (C=O) groups is 1. The second-order valence-corrected chi connectivity index (χ2v) is 3.79. The average Bonchev–Trinajstić information content (AvgIpc) is 2.17. The van der Waals surface area contributed by atoms with E-state index >= 15 is 0 Å². The predicted molar refractivity (Wildman–Crippen MR) is 52.7 cm³/mol. The van der Waals surface area contributed by atoms with Gasteiger partial charge in [-0.1, -0.05) is 0 Å². The molecule has 0 aromatic heterocycles. The molecular weight excluding hydrogens is 182 g/mol. The van der Waals surface area contributed by atoms with E-state index in [1.165, 1.54) is 0 Å². The fourth-order valence-corrected chi connectivity index (χ4v) is 1.48. The summed E-state index contributed by atoms with van der Waals surface area (Å²) in [5.41, 5.74) is 0. The van der Waals surface area contributed by atoms with Gasteiger partial charge in [0.25, 0.3) is 0 Å². The van der Waals surface area contributed by atoms with Crippen LogP contribution in [0, 0.1) is 7.11 Å². The largest absolute Gasteiger partial charge is 0.447 e. The number of nitrogens with zero attached hydrogens (tertiary/aromatic N) is 1. The molecule has 0 N–H and O–H groups in total. The molecule has 4 nitrogen and oxygen atoms in total. The molecule has 0 saturated carbocycles. The number of carbonyl (C=O) groups excluding carboxylic acids is 1. The molecule has 0 atom stereocenters. The van der Waals surface area contributed by atoms with Gasteiger partial charge in [-0.3, -0.25) is 0 Å². The Morgan fingerprint density at radius 2 is 2.00 bits per heavy atom. The van der Waals surface area contributed by atoms with Gasteiger partial charge in [-0.05, 0) is 26.7 Å². The highest BCUT2D eigenvalue weighted by Crippen LogP contribution is 2.14. The Labute approximate surface area is 85.2 Å². The molecule has 1 radical (unpaired) electrons. The number of rotatable bonds is 2. The zero-order chi connectivity index (χ0) is 10.6. The Kier molecular flexibility index (Phi) is 4.20. The molecule has 1 aliphatic heterocycles. The van der Waals surface area contributed by atoms with Gasteiger partial charge in [0.1, 0.15) is 0 Å². The maximum Gasteiger partial charge on any atom is 0.410 e. The molecule has 81 valence electrons. The topological polar surface area (TPSA) is 38.8 Å². The molecule has 14 heavy (non-hydrogen) atoms. The smallest absolute Gasteiger partial charge is 0.410 e. The van der Waals surface area contributed by atoms with Crippen LogP contribution in [0.4, 0.5) is 4.79 Å². The van der Waals surface area contributed by atoms with Crippen molar-refractivity contribution in [1.82, 2.24) is 4.90 Å². The highest BCUT2D eigenvalue weighted by molar-refractivity contribution is 5.67. The first-order valence-electron chi connectivity index (χ1n) is 5.00. The molecule has 0 aromatic rings. The fourth-order valence-electron chi connectivity index (χ4n) is 1.48. The quantitative estimate of drug-likeness (QED) is 0.682. The van der Waals surface area contributed by atoms with Crippen molar-refractivity contribution in [3.8, 4) is 0 Å². The standard InChI is InChI=1S/C10H18NO3/c1-8(2)14-10(12)11-6-4-9(13-3)5-7-11/h8-9H,3-7H2,1-2H3. The third-order valence-electron chi connectivity index (χ3n) is 2.27. The molecule has 0 aromatic carbocycles. The SMILES string of the molecule is [CH2]OC1CCN(C(=O)OC(C)C)CC1. The van der Waals surface area contributed by atoms with E-state index in [1.54, 1.807) is 4.90 Å². The number of hydrogen-bond acceptors (Lipinski definition) is 3. The van der Waals surface area contributed by atoms with Crippen LogP contribution < -0.4 is 0 Å². The van der Waals surface area contributed by atoms with Gasteiger partial charge < -0.3 is 14.4 Å². The third-order valence-corrected chi connectivity index (χ3v) is 2.27. The Morgan fingerprint density at radius 1 is 1.43 bits per heavy atom. The van der Waals surface area contributed by atoms with Crippen molar-refractivity contribution in [3.05, 3.63) is 7.11 Å². The minimum Gasteiger partial charge on any atom is -0.447 e. The lowest BCUT2D eigenvalue weighted by atomic mass is 10.1.